The van der Waals surface area contributed by atoms with Gasteiger partial charge in [-0.2, -0.15) is 0 Å². The molecule has 3 heteroatoms. The number of aliphatic hydroxyl groups excluding tert-OH is 2. The molecule has 0 aromatic carbocycles. The molecule has 0 amide bonds. The van der Waals surface area contributed by atoms with Gasteiger partial charge >= 0.3 is 0 Å². The van der Waals surface area contributed by atoms with Crippen LogP contribution in [0.1, 0.15) is 129 Å². The van der Waals surface area contributed by atoms with E-state index < -0.39 is 0 Å². The van der Waals surface area contributed by atoms with E-state index in [1.165, 1.54) is 96.3 Å². The van der Waals surface area contributed by atoms with Crippen LogP contribution in [0.3, 0.4) is 0 Å². The van der Waals surface area contributed by atoms with E-state index in [2.05, 4.69) is 0 Å². The highest BCUT2D eigenvalue weighted by Crippen LogP contribution is 2.22. The molecular weight excluding hydrogens is 334 g/mol. The lowest BCUT2D eigenvalue weighted by Gasteiger charge is -2.19. The van der Waals surface area contributed by atoms with Gasteiger partial charge in [-0.1, -0.05) is 96.3 Å². The van der Waals surface area contributed by atoms with Crippen LogP contribution in [0.2, 0.25) is 0 Å². The topological polar surface area (TPSA) is 66.5 Å². The average molecular weight is 386 g/mol. The zero-order valence-electron chi connectivity index (χ0n) is 18.6. The number of hydrogen-bond acceptors (Lipinski definition) is 3. The molecule has 0 saturated carbocycles. The third-order valence-electron chi connectivity index (χ3n) is 5.67. The standard InChI is InChI=1S/C24H51NO2/c1-22(26)20-24(21-23(2)27)18-16-14-12-10-8-6-4-3-5-7-9-11-13-15-17-19-25/h22-24,26-27H,3-21,25H2,1-2H3. The Kier molecular flexibility index (Phi) is 20.5. The first-order chi connectivity index (χ1) is 13.1. The molecule has 27 heavy (non-hydrogen) atoms. The van der Waals surface area contributed by atoms with Crippen LogP contribution >= 0.6 is 0 Å². The van der Waals surface area contributed by atoms with E-state index in [-0.39, 0.29) is 12.2 Å². The monoisotopic (exact) mass is 385 g/mol. The molecule has 0 rings (SSSR count). The fraction of sp³-hybridized carbons (Fsp3) is 1.00. The normalized spacial score (nSPS) is 15.0. The fourth-order valence-corrected chi connectivity index (χ4v) is 4.17. The number of rotatable bonds is 21. The van der Waals surface area contributed by atoms with E-state index in [0.29, 0.717) is 5.92 Å². The molecule has 2 atom stereocenters. The Labute approximate surface area is 170 Å². The van der Waals surface area contributed by atoms with Crippen LogP contribution in [0, 0.1) is 5.92 Å². The van der Waals surface area contributed by atoms with Gasteiger partial charge in [-0.25, -0.2) is 0 Å². The van der Waals surface area contributed by atoms with Crippen molar-refractivity contribution in [2.45, 2.75) is 142 Å². The molecule has 3 nitrogen and oxygen atoms in total. The Morgan fingerprint density at radius 2 is 0.815 bits per heavy atom. The first-order valence-corrected chi connectivity index (χ1v) is 12.1. The lowest BCUT2D eigenvalue weighted by Crippen LogP contribution is -2.15. The first-order valence-electron chi connectivity index (χ1n) is 12.1. The Hall–Kier alpha value is -0.120. The van der Waals surface area contributed by atoms with Gasteiger partial charge in [0.2, 0.25) is 0 Å². The molecule has 0 aliphatic carbocycles. The lowest BCUT2D eigenvalue weighted by molar-refractivity contribution is 0.115. The highest BCUT2D eigenvalue weighted by atomic mass is 16.3. The summed E-state index contributed by atoms with van der Waals surface area (Å²) in [6.07, 6.45) is 22.8. The second-order valence-corrected chi connectivity index (χ2v) is 8.92. The molecule has 0 aliphatic rings. The summed E-state index contributed by atoms with van der Waals surface area (Å²) in [6.45, 7) is 4.57. The smallest absolute Gasteiger partial charge is 0.0514 e. The van der Waals surface area contributed by atoms with Crippen molar-refractivity contribution in [3.05, 3.63) is 0 Å². The number of aliphatic hydroxyl groups is 2. The largest absolute Gasteiger partial charge is 0.393 e. The van der Waals surface area contributed by atoms with E-state index in [9.17, 15) is 10.2 Å². The fourth-order valence-electron chi connectivity index (χ4n) is 4.17. The second-order valence-electron chi connectivity index (χ2n) is 8.92. The minimum Gasteiger partial charge on any atom is -0.393 e. The van der Waals surface area contributed by atoms with Gasteiger partial charge in [0.25, 0.3) is 0 Å². The van der Waals surface area contributed by atoms with Crippen molar-refractivity contribution in [2.75, 3.05) is 6.54 Å². The molecule has 0 aliphatic heterocycles. The summed E-state index contributed by atoms with van der Waals surface area (Å²) in [5.74, 6) is 0.477. The molecule has 0 saturated heterocycles. The van der Waals surface area contributed by atoms with Crippen LogP contribution in [0.4, 0.5) is 0 Å². The van der Waals surface area contributed by atoms with Crippen molar-refractivity contribution in [3.8, 4) is 0 Å². The van der Waals surface area contributed by atoms with Gasteiger partial charge in [-0.3, -0.25) is 0 Å². The summed E-state index contributed by atoms with van der Waals surface area (Å²) in [6, 6.07) is 0. The highest BCUT2D eigenvalue weighted by Gasteiger charge is 2.14. The summed E-state index contributed by atoms with van der Waals surface area (Å²) in [5.41, 5.74) is 5.51. The molecule has 0 bridgehead atoms. The van der Waals surface area contributed by atoms with Crippen LogP contribution in [-0.4, -0.2) is 29.0 Å². The van der Waals surface area contributed by atoms with Crippen molar-refractivity contribution in [2.24, 2.45) is 11.7 Å². The van der Waals surface area contributed by atoms with Crippen molar-refractivity contribution < 1.29 is 10.2 Å². The van der Waals surface area contributed by atoms with Gasteiger partial charge in [0.05, 0.1) is 12.2 Å². The van der Waals surface area contributed by atoms with Crippen LogP contribution in [0.5, 0.6) is 0 Å². The molecule has 164 valence electrons. The molecule has 4 N–H and O–H groups in total. The van der Waals surface area contributed by atoms with Crippen LogP contribution in [0.25, 0.3) is 0 Å². The quantitative estimate of drug-likeness (QED) is 0.202. The summed E-state index contributed by atoms with van der Waals surface area (Å²) < 4.78 is 0. The second kappa shape index (κ2) is 20.6. The van der Waals surface area contributed by atoms with Gasteiger partial charge in [0.15, 0.2) is 0 Å². The molecule has 0 radical (unpaired) electrons. The SMILES string of the molecule is CC(O)CC(CCCCCCCCCCCCCCCCCN)CC(C)O. The van der Waals surface area contributed by atoms with Crippen molar-refractivity contribution in [1.82, 2.24) is 0 Å². The summed E-state index contributed by atoms with van der Waals surface area (Å²) in [4.78, 5) is 0. The maximum absolute atomic E-state index is 9.58. The Morgan fingerprint density at radius 1 is 0.519 bits per heavy atom. The molecule has 0 heterocycles. The minimum absolute atomic E-state index is 0.245. The predicted molar refractivity (Wildman–Crippen MR) is 119 cm³/mol. The zero-order chi connectivity index (χ0) is 20.2. The molecule has 2 unspecified atom stereocenters. The zero-order valence-corrected chi connectivity index (χ0v) is 18.6. The van der Waals surface area contributed by atoms with E-state index in [1.54, 1.807) is 0 Å². The Bertz CT molecular complexity index is 272. The molecule has 0 fully saturated rings. The van der Waals surface area contributed by atoms with Crippen molar-refractivity contribution in [3.63, 3.8) is 0 Å². The summed E-state index contributed by atoms with van der Waals surface area (Å²) >= 11 is 0. The molecule has 0 aromatic rings. The van der Waals surface area contributed by atoms with Gasteiger partial charge in [-0.05, 0) is 45.6 Å². The van der Waals surface area contributed by atoms with Crippen LogP contribution in [0.15, 0.2) is 0 Å². The Balaban J connectivity index is 3.30. The molecule has 0 aromatic heterocycles. The average Bonchev–Trinajstić information content (AvgIpc) is 2.60. The van der Waals surface area contributed by atoms with Crippen molar-refractivity contribution >= 4 is 0 Å². The van der Waals surface area contributed by atoms with Gasteiger partial charge in [0, 0.05) is 0 Å². The van der Waals surface area contributed by atoms with E-state index in [0.717, 1.165) is 25.8 Å². The minimum atomic E-state index is -0.245. The van der Waals surface area contributed by atoms with Gasteiger partial charge in [0.1, 0.15) is 0 Å². The summed E-state index contributed by atoms with van der Waals surface area (Å²) in [5, 5.41) is 19.2. The van der Waals surface area contributed by atoms with Gasteiger partial charge < -0.3 is 15.9 Å². The summed E-state index contributed by atoms with van der Waals surface area (Å²) in [7, 11) is 0. The third-order valence-corrected chi connectivity index (χ3v) is 5.67. The lowest BCUT2D eigenvalue weighted by atomic mass is 9.90. The van der Waals surface area contributed by atoms with E-state index in [1.807, 2.05) is 13.8 Å². The number of hydrogen-bond donors (Lipinski definition) is 3. The van der Waals surface area contributed by atoms with E-state index in [4.69, 9.17) is 5.73 Å². The van der Waals surface area contributed by atoms with E-state index >= 15 is 0 Å². The Morgan fingerprint density at radius 3 is 1.11 bits per heavy atom. The van der Waals surface area contributed by atoms with Crippen LogP contribution < -0.4 is 5.73 Å². The number of nitrogens with two attached hydrogens (primary N) is 1. The maximum Gasteiger partial charge on any atom is 0.0514 e. The highest BCUT2D eigenvalue weighted by molar-refractivity contribution is 4.66. The predicted octanol–water partition coefficient (Wildman–Crippen LogP) is 6.34. The first kappa shape index (κ1) is 26.9. The van der Waals surface area contributed by atoms with Crippen LogP contribution in [-0.2, 0) is 0 Å². The number of unbranched alkanes of at least 4 members (excludes halogenated alkanes) is 14. The third kappa shape index (κ3) is 22.0. The van der Waals surface area contributed by atoms with Crippen molar-refractivity contribution in [1.29, 1.82) is 0 Å². The molecular formula is C24H51NO2. The molecule has 0 spiro atoms. The maximum atomic E-state index is 9.58. The van der Waals surface area contributed by atoms with Gasteiger partial charge in [-0.15, -0.1) is 0 Å².